The summed E-state index contributed by atoms with van der Waals surface area (Å²) in [5.41, 5.74) is 2.15. The minimum atomic E-state index is -1.56. The summed E-state index contributed by atoms with van der Waals surface area (Å²) in [7, 11) is 1.47. The Morgan fingerprint density at radius 1 is 1.20 bits per heavy atom. The second kappa shape index (κ2) is 10.1. The number of halogens is 1. The first-order valence-electron chi connectivity index (χ1n) is 11.0. The number of hydrogen-bond donors (Lipinski definition) is 1. The van der Waals surface area contributed by atoms with Crippen molar-refractivity contribution < 1.29 is 18.7 Å². The van der Waals surface area contributed by atoms with E-state index in [-0.39, 0.29) is 12.5 Å². The molecular formula is C27H21FN4O3. The number of nitrogens with zero attached hydrogens (tertiary/aromatic N) is 3. The van der Waals surface area contributed by atoms with Crippen molar-refractivity contribution in [2.45, 2.75) is 25.6 Å². The Morgan fingerprint density at radius 3 is 2.60 bits per heavy atom. The lowest BCUT2D eigenvalue weighted by Gasteiger charge is -2.19. The number of alkyl halides is 1. The Labute approximate surface area is 202 Å². The van der Waals surface area contributed by atoms with Gasteiger partial charge in [0.1, 0.15) is 12.4 Å². The van der Waals surface area contributed by atoms with Gasteiger partial charge in [0.2, 0.25) is 11.6 Å². The molecule has 0 aliphatic carbocycles. The van der Waals surface area contributed by atoms with Gasteiger partial charge in [-0.3, -0.25) is 4.79 Å². The molecule has 7 nitrogen and oxygen atoms in total. The monoisotopic (exact) mass is 468 g/mol. The molecule has 1 aliphatic rings. The van der Waals surface area contributed by atoms with Crippen LogP contribution >= 0.6 is 0 Å². The first-order chi connectivity index (χ1) is 17.0. The van der Waals surface area contributed by atoms with Gasteiger partial charge in [-0.05, 0) is 48.2 Å². The zero-order valence-corrected chi connectivity index (χ0v) is 19.1. The number of benzene rings is 2. The molecule has 8 heteroatoms. The van der Waals surface area contributed by atoms with Gasteiger partial charge in [0, 0.05) is 23.1 Å². The SMILES string of the molecule is [C-]#[N+]c1cc2c(C#Cc3ccc(C#N)cc3)cnc(OC[C@H]3NC(=O)[C@@H](F)[C@H]3CC)c2cc1OC. The van der Waals surface area contributed by atoms with Crippen molar-refractivity contribution in [3.8, 4) is 29.5 Å². The predicted octanol–water partition coefficient (Wildman–Crippen LogP) is 4.31. The number of carbonyl (C=O) groups is 1. The van der Waals surface area contributed by atoms with Crippen LogP contribution in [-0.2, 0) is 4.79 Å². The molecule has 0 saturated carbocycles. The number of nitrogens with one attached hydrogen (secondary N) is 1. The highest BCUT2D eigenvalue weighted by Crippen LogP contribution is 2.37. The molecule has 4 rings (SSSR count). The molecule has 35 heavy (non-hydrogen) atoms. The van der Waals surface area contributed by atoms with Crippen molar-refractivity contribution in [3.63, 3.8) is 0 Å². The third kappa shape index (κ3) is 4.71. The summed E-state index contributed by atoms with van der Waals surface area (Å²) in [5, 5.41) is 12.8. The van der Waals surface area contributed by atoms with Gasteiger partial charge in [-0.15, -0.1) is 0 Å². The number of pyridine rings is 1. The van der Waals surface area contributed by atoms with Crippen LogP contribution in [0.25, 0.3) is 15.6 Å². The van der Waals surface area contributed by atoms with E-state index in [1.165, 1.54) is 7.11 Å². The molecule has 3 atom stereocenters. The van der Waals surface area contributed by atoms with Crippen molar-refractivity contribution in [2.75, 3.05) is 13.7 Å². The van der Waals surface area contributed by atoms with E-state index in [4.69, 9.17) is 21.3 Å². The summed E-state index contributed by atoms with van der Waals surface area (Å²) in [6.45, 7) is 9.38. The van der Waals surface area contributed by atoms with Crippen molar-refractivity contribution >= 4 is 22.4 Å². The van der Waals surface area contributed by atoms with E-state index in [9.17, 15) is 9.18 Å². The number of carbonyl (C=O) groups excluding carboxylic acids is 1. The molecule has 0 radical (unpaired) electrons. The van der Waals surface area contributed by atoms with Gasteiger partial charge in [-0.25, -0.2) is 14.2 Å². The summed E-state index contributed by atoms with van der Waals surface area (Å²) in [4.78, 5) is 19.7. The van der Waals surface area contributed by atoms with Gasteiger partial charge >= 0.3 is 0 Å². The standard InChI is InChI=1S/C27H21FN4O3/c1-4-19-23(32-26(33)25(19)28)15-35-27-21-12-24(34-3)22(30-2)11-20(21)18(14-31-27)10-9-16-5-7-17(13-29)8-6-16/h5-8,11-12,14,19,23,25H,4,15H2,1,3H3,(H,32,33)/t19-,23+,25-/m0/s1. The fraction of sp³-hybridized carbons (Fsp3) is 0.259. The second-order valence-electron chi connectivity index (χ2n) is 8.00. The highest BCUT2D eigenvalue weighted by atomic mass is 19.1. The summed E-state index contributed by atoms with van der Waals surface area (Å²) >= 11 is 0. The molecule has 1 N–H and O–H groups in total. The fourth-order valence-corrected chi connectivity index (χ4v) is 4.06. The Bertz CT molecular complexity index is 1430. The van der Waals surface area contributed by atoms with Crippen LogP contribution in [0.2, 0.25) is 0 Å². The van der Waals surface area contributed by atoms with E-state index in [2.05, 4.69) is 33.1 Å². The first kappa shape index (κ1) is 23.5. The maximum atomic E-state index is 14.2. The van der Waals surface area contributed by atoms with E-state index in [1.54, 1.807) is 42.6 Å². The minimum Gasteiger partial charge on any atom is -0.508 e. The summed E-state index contributed by atoms with van der Waals surface area (Å²) in [5.74, 6) is 5.66. The van der Waals surface area contributed by atoms with Crippen molar-refractivity contribution in [1.82, 2.24) is 10.3 Å². The van der Waals surface area contributed by atoms with Crippen LogP contribution in [0.4, 0.5) is 10.1 Å². The molecule has 0 bridgehead atoms. The van der Waals surface area contributed by atoms with E-state index >= 15 is 0 Å². The highest BCUT2D eigenvalue weighted by molar-refractivity contribution is 5.96. The quantitative estimate of drug-likeness (QED) is 0.445. The van der Waals surface area contributed by atoms with Crippen LogP contribution in [-0.4, -0.2) is 36.8 Å². The Hall–Kier alpha value is -4.61. The van der Waals surface area contributed by atoms with Crippen molar-refractivity contribution in [1.29, 1.82) is 5.26 Å². The number of amides is 1. The molecule has 1 fully saturated rings. The molecule has 1 amide bonds. The van der Waals surface area contributed by atoms with Crippen LogP contribution in [0.1, 0.15) is 30.0 Å². The number of ether oxygens (including phenoxy) is 2. The van der Waals surface area contributed by atoms with Gasteiger partial charge in [-0.1, -0.05) is 18.8 Å². The van der Waals surface area contributed by atoms with Gasteiger partial charge in [0.15, 0.2) is 6.17 Å². The molecule has 1 aliphatic heterocycles. The number of fused-ring (bicyclic) bond motifs is 1. The summed E-state index contributed by atoms with van der Waals surface area (Å²) < 4.78 is 25.5. The molecule has 2 aromatic carbocycles. The number of hydrogen-bond acceptors (Lipinski definition) is 5. The summed E-state index contributed by atoms with van der Waals surface area (Å²) in [6, 6.07) is 11.8. The number of aromatic nitrogens is 1. The number of nitriles is 1. The number of methoxy groups -OCH3 is 1. The lowest BCUT2D eigenvalue weighted by Crippen LogP contribution is -2.34. The molecule has 3 aromatic rings. The van der Waals surface area contributed by atoms with Crippen LogP contribution in [0, 0.1) is 35.7 Å². The van der Waals surface area contributed by atoms with E-state index in [0.717, 1.165) is 5.56 Å². The molecule has 1 aromatic heterocycles. The van der Waals surface area contributed by atoms with E-state index in [0.29, 0.717) is 39.8 Å². The maximum Gasteiger partial charge on any atom is 0.255 e. The van der Waals surface area contributed by atoms with E-state index < -0.39 is 24.0 Å². The van der Waals surface area contributed by atoms with Crippen molar-refractivity contribution in [2.24, 2.45) is 5.92 Å². The van der Waals surface area contributed by atoms with Crippen LogP contribution < -0.4 is 14.8 Å². The lowest BCUT2D eigenvalue weighted by molar-refractivity contribution is -0.123. The van der Waals surface area contributed by atoms with E-state index in [1.807, 2.05) is 6.92 Å². The molecule has 174 valence electrons. The fourth-order valence-electron chi connectivity index (χ4n) is 4.06. The minimum absolute atomic E-state index is 0.0515. The third-order valence-corrected chi connectivity index (χ3v) is 5.97. The van der Waals surface area contributed by atoms with Crippen LogP contribution in [0.3, 0.4) is 0 Å². The molecule has 0 spiro atoms. The summed E-state index contributed by atoms with van der Waals surface area (Å²) in [6.07, 6.45) is 0.491. The average Bonchev–Trinajstić information content (AvgIpc) is 3.17. The highest BCUT2D eigenvalue weighted by Gasteiger charge is 2.41. The predicted molar refractivity (Wildman–Crippen MR) is 128 cm³/mol. The second-order valence-corrected chi connectivity index (χ2v) is 8.00. The topological polar surface area (TPSA) is 88.6 Å². The Kier molecular flexibility index (Phi) is 6.81. The maximum absolute atomic E-state index is 14.2. The molecular weight excluding hydrogens is 447 g/mol. The smallest absolute Gasteiger partial charge is 0.255 e. The van der Waals surface area contributed by atoms with Gasteiger partial charge in [0.05, 0.1) is 36.9 Å². The Morgan fingerprint density at radius 2 is 1.94 bits per heavy atom. The molecule has 2 heterocycles. The molecule has 1 saturated heterocycles. The van der Waals surface area contributed by atoms with Crippen molar-refractivity contribution in [3.05, 3.63) is 70.7 Å². The Balaban J connectivity index is 1.72. The number of rotatable bonds is 5. The zero-order valence-electron chi connectivity index (χ0n) is 19.1. The normalized spacial score (nSPS) is 18.7. The van der Waals surface area contributed by atoms with Crippen LogP contribution in [0.5, 0.6) is 11.6 Å². The van der Waals surface area contributed by atoms with Gasteiger partial charge in [0.25, 0.3) is 5.91 Å². The zero-order chi connectivity index (χ0) is 24.9. The third-order valence-electron chi connectivity index (χ3n) is 5.97. The van der Waals surface area contributed by atoms with Gasteiger partial charge in [-0.2, -0.15) is 5.26 Å². The average molecular weight is 468 g/mol. The molecule has 0 unspecified atom stereocenters. The van der Waals surface area contributed by atoms with Gasteiger partial charge < -0.3 is 14.8 Å². The largest absolute Gasteiger partial charge is 0.508 e. The van der Waals surface area contributed by atoms with Crippen LogP contribution in [0.15, 0.2) is 42.6 Å². The first-order valence-corrected chi connectivity index (χ1v) is 11.0. The lowest BCUT2D eigenvalue weighted by atomic mass is 9.97.